The highest BCUT2D eigenvalue weighted by Gasteiger charge is 2.50. The lowest BCUT2D eigenvalue weighted by Crippen LogP contribution is -2.48. The Labute approximate surface area is 111 Å². The second-order valence-electron chi connectivity index (χ2n) is 6.92. The predicted molar refractivity (Wildman–Crippen MR) is 64.3 cm³/mol. The first-order valence-corrected chi connectivity index (χ1v) is 7.21. The van der Waals surface area contributed by atoms with Crippen molar-refractivity contribution in [2.24, 2.45) is 23.2 Å². The van der Waals surface area contributed by atoms with Crippen LogP contribution in [-0.4, -0.2) is 18.6 Å². The van der Waals surface area contributed by atoms with E-state index < -0.39 is 12.1 Å². The van der Waals surface area contributed by atoms with Gasteiger partial charge in [-0.1, -0.05) is 0 Å². The summed E-state index contributed by atoms with van der Waals surface area (Å²) in [6.45, 7) is 0.171. The molecule has 4 rings (SSSR count). The lowest BCUT2D eigenvalue weighted by molar-refractivity contribution is -0.173. The van der Waals surface area contributed by atoms with Gasteiger partial charge >= 0.3 is 12.1 Å². The summed E-state index contributed by atoms with van der Waals surface area (Å²) in [5.41, 5.74) is 0.230. The molecule has 0 aromatic carbocycles. The molecule has 4 fully saturated rings. The summed E-state index contributed by atoms with van der Waals surface area (Å²) in [4.78, 5) is 10.8. The molecule has 0 heterocycles. The van der Waals surface area contributed by atoms with E-state index in [2.05, 4.69) is 0 Å². The van der Waals surface area contributed by atoms with E-state index in [-0.39, 0.29) is 12.0 Å². The number of amides is 1. The van der Waals surface area contributed by atoms with Crippen LogP contribution in [0.15, 0.2) is 0 Å². The van der Waals surface area contributed by atoms with Gasteiger partial charge in [0.15, 0.2) is 0 Å². The van der Waals surface area contributed by atoms with Gasteiger partial charge in [-0.25, -0.2) is 0 Å². The molecule has 19 heavy (non-hydrogen) atoms. The molecule has 5 heteroatoms. The molecule has 4 aliphatic carbocycles. The number of nitrogens with one attached hydrogen (secondary N) is 1. The van der Waals surface area contributed by atoms with Crippen LogP contribution >= 0.6 is 0 Å². The SMILES string of the molecule is O=C(NCCC12CC3CC(CC(C3)C1)C2)C(F)(F)F. The highest BCUT2D eigenvalue weighted by atomic mass is 19.4. The van der Waals surface area contributed by atoms with Gasteiger partial charge in [0, 0.05) is 6.54 Å². The molecule has 1 amide bonds. The highest BCUT2D eigenvalue weighted by molar-refractivity contribution is 5.81. The minimum absolute atomic E-state index is 0.171. The number of rotatable bonds is 3. The zero-order valence-electron chi connectivity index (χ0n) is 10.9. The van der Waals surface area contributed by atoms with Crippen LogP contribution < -0.4 is 5.32 Å². The molecule has 108 valence electrons. The van der Waals surface area contributed by atoms with Crippen LogP contribution in [0.4, 0.5) is 13.2 Å². The molecule has 4 saturated carbocycles. The second kappa shape index (κ2) is 4.38. The van der Waals surface area contributed by atoms with Crippen LogP contribution in [0, 0.1) is 23.2 Å². The fraction of sp³-hybridized carbons (Fsp3) is 0.929. The van der Waals surface area contributed by atoms with E-state index in [1.165, 1.54) is 38.5 Å². The van der Waals surface area contributed by atoms with E-state index in [1.54, 1.807) is 0 Å². The van der Waals surface area contributed by atoms with Crippen LogP contribution in [0.3, 0.4) is 0 Å². The summed E-state index contributed by atoms with van der Waals surface area (Å²) in [6.07, 6.45) is 3.46. The third kappa shape index (κ3) is 2.61. The van der Waals surface area contributed by atoms with Crippen LogP contribution in [-0.2, 0) is 4.79 Å². The van der Waals surface area contributed by atoms with Crippen LogP contribution in [0.25, 0.3) is 0 Å². The Bertz CT molecular complexity index is 342. The average Bonchev–Trinajstić information content (AvgIpc) is 2.25. The van der Waals surface area contributed by atoms with Gasteiger partial charge in [-0.2, -0.15) is 13.2 Å². The van der Waals surface area contributed by atoms with Gasteiger partial charge in [0.1, 0.15) is 0 Å². The smallest absolute Gasteiger partial charge is 0.348 e. The predicted octanol–water partition coefficient (Wildman–Crippen LogP) is 3.27. The van der Waals surface area contributed by atoms with E-state index in [4.69, 9.17) is 0 Å². The Balaban J connectivity index is 1.54. The molecular formula is C14H20F3NO. The maximum Gasteiger partial charge on any atom is 0.471 e. The molecule has 4 aliphatic rings. The van der Waals surface area contributed by atoms with Gasteiger partial charge in [-0.05, 0) is 68.1 Å². The van der Waals surface area contributed by atoms with E-state index in [1.807, 2.05) is 5.32 Å². The first kappa shape index (κ1) is 13.3. The van der Waals surface area contributed by atoms with Gasteiger partial charge in [0.05, 0.1) is 0 Å². The first-order valence-electron chi connectivity index (χ1n) is 7.21. The van der Waals surface area contributed by atoms with Gasteiger partial charge in [-0.15, -0.1) is 0 Å². The summed E-state index contributed by atoms with van der Waals surface area (Å²) in [5.74, 6) is 0.593. The maximum atomic E-state index is 12.1. The normalized spacial score (nSPS) is 40.5. The van der Waals surface area contributed by atoms with E-state index >= 15 is 0 Å². The summed E-state index contributed by atoms with van der Waals surface area (Å²) in [7, 11) is 0. The summed E-state index contributed by atoms with van der Waals surface area (Å²) < 4.78 is 36.4. The molecule has 4 bridgehead atoms. The van der Waals surface area contributed by atoms with Crippen molar-refractivity contribution in [3.63, 3.8) is 0 Å². The Morgan fingerprint density at radius 1 is 1.05 bits per heavy atom. The minimum Gasteiger partial charge on any atom is -0.348 e. The van der Waals surface area contributed by atoms with Crippen molar-refractivity contribution in [3.8, 4) is 0 Å². The molecule has 0 unspecified atom stereocenters. The fourth-order valence-corrected chi connectivity index (χ4v) is 5.14. The quantitative estimate of drug-likeness (QED) is 0.841. The third-order valence-electron chi connectivity index (χ3n) is 5.36. The van der Waals surface area contributed by atoms with E-state index in [0.717, 1.165) is 24.2 Å². The van der Waals surface area contributed by atoms with Crippen molar-refractivity contribution < 1.29 is 18.0 Å². The summed E-state index contributed by atoms with van der Waals surface area (Å²) >= 11 is 0. The molecule has 0 atom stereocenters. The third-order valence-corrected chi connectivity index (χ3v) is 5.36. The van der Waals surface area contributed by atoms with Crippen LogP contribution in [0.5, 0.6) is 0 Å². The summed E-state index contributed by atoms with van der Waals surface area (Å²) in [6, 6.07) is 0. The standard InChI is InChI=1S/C14H20F3NO/c15-14(16,17)12(19)18-2-1-13-6-9-3-10(7-13)5-11(4-9)8-13/h9-11H,1-8H2,(H,18,19). The van der Waals surface area contributed by atoms with Gasteiger partial charge in [-0.3, -0.25) is 4.79 Å². The number of carbonyl (C=O) groups is 1. The summed E-state index contributed by atoms with van der Waals surface area (Å²) in [5, 5.41) is 2.03. The van der Waals surface area contributed by atoms with Crippen molar-refractivity contribution in [2.45, 2.75) is 51.1 Å². The number of hydrogen-bond acceptors (Lipinski definition) is 1. The van der Waals surface area contributed by atoms with Gasteiger partial charge in [0.25, 0.3) is 0 Å². The van der Waals surface area contributed by atoms with E-state index in [9.17, 15) is 18.0 Å². The first-order chi connectivity index (χ1) is 8.86. The topological polar surface area (TPSA) is 29.1 Å². The average molecular weight is 275 g/mol. The monoisotopic (exact) mass is 275 g/mol. The number of halogens is 3. The number of hydrogen-bond donors (Lipinski definition) is 1. The molecule has 0 radical (unpaired) electrons. The zero-order valence-corrected chi connectivity index (χ0v) is 10.9. The Morgan fingerprint density at radius 2 is 1.53 bits per heavy atom. The molecule has 0 spiro atoms. The highest BCUT2D eigenvalue weighted by Crippen LogP contribution is 2.61. The lowest BCUT2D eigenvalue weighted by Gasteiger charge is -2.57. The molecule has 1 N–H and O–H groups in total. The fourth-order valence-electron chi connectivity index (χ4n) is 5.14. The van der Waals surface area contributed by atoms with Crippen molar-refractivity contribution >= 4 is 5.91 Å². The van der Waals surface area contributed by atoms with Gasteiger partial charge < -0.3 is 5.32 Å². The van der Waals surface area contributed by atoms with Crippen molar-refractivity contribution in [3.05, 3.63) is 0 Å². The zero-order chi connectivity index (χ0) is 13.7. The van der Waals surface area contributed by atoms with Crippen molar-refractivity contribution in [1.29, 1.82) is 0 Å². The lowest BCUT2D eigenvalue weighted by atomic mass is 9.49. The maximum absolute atomic E-state index is 12.1. The molecule has 0 aromatic heterocycles. The number of alkyl halides is 3. The van der Waals surface area contributed by atoms with E-state index in [0.29, 0.717) is 0 Å². The number of carbonyl (C=O) groups excluding carboxylic acids is 1. The Morgan fingerprint density at radius 3 is 1.95 bits per heavy atom. The Kier molecular flexibility index (Phi) is 3.06. The van der Waals surface area contributed by atoms with Crippen LogP contribution in [0.2, 0.25) is 0 Å². The molecule has 0 saturated heterocycles. The van der Waals surface area contributed by atoms with Crippen LogP contribution in [0.1, 0.15) is 44.9 Å². The molecule has 0 aliphatic heterocycles. The van der Waals surface area contributed by atoms with Crippen molar-refractivity contribution in [2.75, 3.05) is 6.54 Å². The molecule has 2 nitrogen and oxygen atoms in total. The van der Waals surface area contributed by atoms with Crippen molar-refractivity contribution in [1.82, 2.24) is 5.32 Å². The molecular weight excluding hydrogens is 255 g/mol. The largest absolute Gasteiger partial charge is 0.471 e. The minimum atomic E-state index is -4.75. The second-order valence-corrected chi connectivity index (χ2v) is 6.92. The Hall–Kier alpha value is -0.740. The molecule has 0 aromatic rings. The van der Waals surface area contributed by atoms with Gasteiger partial charge in [0.2, 0.25) is 0 Å².